The molecular formula is C19H22O. The Kier molecular flexibility index (Phi) is 6.91. The van der Waals surface area contributed by atoms with E-state index in [1.165, 1.54) is 11.1 Å². The van der Waals surface area contributed by atoms with E-state index in [1.807, 2.05) is 30.3 Å². The highest BCUT2D eigenvalue weighted by Gasteiger charge is 1.87. The predicted molar refractivity (Wildman–Crippen MR) is 89.0 cm³/mol. The van der Waals surface area contributed by atoms with Gasteiger partial charge >= 0.3 is 0 Å². The second-order valence-electron chi connectivity index (χ2n) is 4.28. The molecule has 0 saturated carbocycles. The number of ether oxygens (including phenoxy) is 1. The molecule has 0 unspecified atom stereocenters. The van der Waals surface area contributed by atoms with Crippen molar-refractivity contribution in [1.29, 1.82) is 0 Å². The summed E-state index contributed by atoms with van der Waals surface area (Å²) in [6.45, 7) is 9.49. The molecule has 0 aliphatic carbocycles. The number of aryl methyl sites for hydroxylation is 1. The monoisotopic (exact) mass is 266 g/mol. The standard InChI is InChI=1S/C10H12.C9H10O/c1-3-9-5-7-10(4-2)8-6-9;1-3-8-4-6-9(10-2)7-5-8/h3,5-8H,1,4H2,2H3;3-7H,1H2,2H3. The summed E-state index contributed by atoms with van der Waals surface area (Å²) in [5.74, 6) is 0.880. The molecule has 0 amide bonds. The van der Waals surface area contributed by atoms with Gasteiger partial charge in [-0.2, -0.15) is 0 Å². The van der Waals surface area contributed by atoms with Crippen molar-refractivity contribution in [3.63, 3.8) is 0 Å². The molecule has 20 heavy (non-hydrogen) atoms. The van der Waals surface area contributed by atoms with Crippen molar-refractivity contribution in [3.05, 3.63) is 78.4 Å². The highest BCUT2D eigenvalue weighted by atomic mass is 16.5. The van der Waals surface area contributed by atoms with Gasteiger partial charge in [0.2, 0.25) is 0 Å². The first-order valence-electron chi connectivity index (χ1n) is 6.71. The fourth-order valence-electron chi connectivity index (χ4n) is 1.63. The van der Waals surface area contributed by atoms with E-state index in [1.54, 1.807) is 13.2 Å². The quantitative estimate of drug-likeness (QED) is 0.736. The SMILES string of the molecule is C=Cc1ccc(CC)cc1.C=Cc1ccc(OC)cc1. The van der Waals surface area contributed by atoms with Crippen molar-refractivity contribution in [1.82, 2.24) is 0 Å². The summed E-state index contributed by atoms with van der Waals surface area (Å²) >= 11 is 0. The van der Waals surface area contributed by atoms with E-state index in [-0.39, 0.29) is 0 Å². The first kappa shape index (κ1) is 15.8. The van der Waals surface area contributed by atoms with Crippen LogP contribution >= 0.6 is 0 Å². The van der Waals surface area contributed by atoms with Gasteiger partial charge in [-0.1, -0.05) is 68.6 Å². The van der Waals surface area contributed by atoms with Crippen molar-refractivity contribution in [3.8, 4) is 5.75 Å². The third-order valence-corrected chi connectivity index (χ3v) is 2.98. The lowest BCUT2D eigenvalue weighted by Crippen LogP contribution is -1.80. The lowest BCUT2D eigenvalue weighted by atomic mass is 10.1. The van der Waals surface area contributed by atoms with Crippen molar-refractivity contribution in [2.24, 2.45) is 0 Å². The molecule has 2 aromatic carbocycles. The molecule has 0 aliphatic rings. The molecule has 0 atom stereocenters. The van der Waals surface area contributed by atoms with E-state index in [9.17, 15) is 0 Å². The molecule has 0 spiro atoms. The molecule has 2 rings (SSSR count). The Morgan fingerprint density at radius 2 is 1.30 bits per heavy atom. The molecule has 2 aromatic rings. The Morgan fingerprint density at radius 1 is 0.850 bits per heavy atom. The van der Waals surface area contributed by atoms with Gasteiger partial charge in [0.15, 0.2) is 0 Å². The lowest BCUT2D eigenvalue weighted by Gasteiger charge is -1.97. The lowest BCUT2D eigenvalue weighted by molar-refractivity contribution is 0.415. The van der Waals surface area contributed by atoms with Gasteiger partial charge in [0.1, 0.15) is 5.75 Å². The van der Waals surface area contributed by atoms with Crippen molar-refractivity contribution < 1.29 is 4.74 Å². The summed E-state index contributed by atoms with van der Waals surface area (Å²) in [7, 11) is 1.66. The van der Waals surface area contributed by atoms with E-state index in [0.29, 0.717) is 0 Å². The van der Waals surface area contributed by atoms with Crippen LogP contribution < -0.4 is 4.74 Å². The average Bonchev–Trinajstić information content (AvgIpc) is 2.55. The van der Waals surface area contributed by atoms with Gasteiger partial charge in [-0.3, -0.25) is 0 Å². The summed E-state index contributed by atoms with van der Waals surface area (Å²) in [6.07, 6.45) is 4.77. The largest absolute Gasteiger partial charge is 0.497 e. The third-order valence-electron chi connectivity index (χ3n) is 2.98. The van der Waals surface area contributed by atoms with E-state index in [0.717, 1.165) is 17.7 Å². The van der Waals surface area contributed by atoms with E-state index >= 15 is 0 Å². The van der Waals surface area contributed by atoms with Gasteiger partial charge in [-0.15, -0.1) is 0 Å². The van der Waals surface area contributed by atoms with Crippen LogP contribution in [0.25, 0.3) is 12.2 Å². The van der Waals surface area contributed by atoms with E-state index < -0.39 is 0 Å². The maximum Gasteiger partial charge on any atom is 0.118 e. The van der Waals surface area contributed by atoms with Crippen LogP contribution in [0.5, 0.6) is 5.75 Å². The third kappa shape index (κ3) is 5.15. The van der Waals surface area contributed by atoms with Crippen LogP contribution in [-0.4, -0.2) is 7.11 Å². The molecule has 0 fully saturated rings. The van der Waals surface area contributed by atoms with Gasteiger partial charge in [0.05, 0.1) is 7.11 Å². The van der Waals surface area contributed by atoms with Crippen LogP contribution in [0, 0.1) is 0 Å². The number of rotatable bonds is 4. The molecule has 0 heterocycles. The molecule has 0 bridgehead atoms. The fraction of sp³-hybridized carbons (Fsp3) is 0.158. The van der Waals surface area contributed by atoms with Gasteiger partial charge in [-0.05, 0) is 35.2 Å². The second-order valence-corrected chi connectivity index (χ2v) is 4.28. The minimum atomic E-state index is 0.880. The highest BCUT2D eigenvalue weighted by molar-refractivity contribution is 5.48. The molecule has 0 aromatic heterocycles. The maximum atomic E-state index is 4.98. The van der Waals surface area contributed by atoms with E-state index in [2.05, 4.69) is 44.3 Å². The van der Waals surface area contributed by atoms with Crippen molar-refractivity contribution in [2.75, 3.05) is 7.11 Å². The van der Waals surface area contributed by atoms with Gasteiger partial charge in [0, 0.05) is 0 Å². The zero-order valence-electron chi connectivity index (χ0n) is 12.3. The Bertz CT molecular complexity index is 469. The maximum absolute atomic E-state index is 4.98. The van der Waals surface area contributed by atoms with Crippen LogP contribution in [-0.2, 0) is 6.42 Å². The summed E-state index contributed by atoms with van der Waals surface area (Å²) < 4.78 is 4.98. The normalized spacial score (nSPS) is 9.10. The Hall–Kier alpha value is -2.28. The molecule has 0 aliphatic heterocycles. The summed E-state index contributed by atoms with van der Waals surface area (Å²) in [5.41, 5.74) is 3.68. The molecule has 104 valence electrons. The van der Waals surface area contributed by atoms with Crippen LogP contribution in [0.3, 0.4) is 0 Å². The summed E-state index contributed by atoms with van der Waals surface area (Å²) in [4.78, 5) is 0. The topological polar surface area (TPSA) is 9.23 Å². The Labute approximate surface area is 122 Å². The van der Waals surface area contributed by atoms with Crippen LogP contribution in [0.2, 0.25) is 0 Å². The average molecular weight is 266 g/mol. The van der Waals surface area contributed by atoms with Crippen LogP contribution in [0.4, 0.5) is 0 Å². The fourth-order valence-corrected chi connectivity index (χ4v) is 1.63. The first-order chi connectivity index (χ1) is 9.73. The van der Waals surface area contributed by atoms with Crippen LogP contribution in [0.1, 0.15) is 23.6 Å². The molecule has 0 radical (unpaired) electrons. The van der Waals surface area contributed by atoms with Gasteiger partial charge in [-0.25, -0.2) is 0 Å². The number of hydrogen-bond acceptors (Lipinski definition) is 1. The van der Waals surface area contributed by atoms with E-state index in [4.69, 9.17) is 4.74 Å². The molecule has 0 saturated heterocycles. The van der Waals surface area contributed by atoms with Crippen LogP contribution in [0.15, 0.2) is 61.7 Å². The molecule has 1 heteroatoms. The number of methoxy groups -OCH3 is 1. The minimum Gasteiger partial charge on any atom is -0.497 e. The molecular weight excluding hydrogens is 244 g/mol. The summed E-state index contributed by atoms with van der Waals surface area (Å²) in [5, 5.41) is 0. The van der Waals surface area contributed by atoms with Crippen molar-refractivity contribution in [2.45, 2.75) is 13.3 Å². The molecule has 0 N–H and O–H groups in total. The highest BCUT2D eigenvalue weighted by Crippen LogP contribution is 2.11. The zero-order chi connectivity index (χ0) is 14.8. The predicted octanol–water partition coefficient (Wildman–Crippen LogP) is 5.23. The van der Waals surface area contributed by atoms with Gasteiger partial charge in [0.25, 0.3) is 0 Å². The first-order valence-corrected chi connectivity index (χ1v) is 6.71. The second kappa shape index (κ2) is 8.76. The smallest absolute Gasteiger partial charge is 0.118 e. The number of benzene rings is 2. The van der Waals surface area contributed by atoms with Crippen molar-refractivity contribution >= 4 is 12.2 Å². The Balaban J connectivity index is 0.000000200. The molecule has 1 nitrogen and oxygen atoms in total. The number of hydrogen-bond donors (Lipinski definition) is 0. The zero-order valence-corrected chi connectivity index (χ0v) is 12.3. The minimum absolute atomic E-state index is 0.880. The Morgan fingerprint density at radius 3 is 1.65 bits per heavy atom. The summed E-state index contributed by atoms with van der Waals surface area (Å²) in [6, 6.07) is 16.2. The van der Waals surface area contributed by atoms with Gasteiger partial charge < -0.3 is 4.74 Å².